The summed E-state index contributed by atoms with van der Waals surface area (Å²) in [4.78, 5) is 23.5. The maximum Gasteiger partial charge on any atom is 0.332 e. The van der Waals surface area contributed by atoms with Gasteiger partial charge in [-0.3, -0.25) is 8.75 Å². The van der Waals surface area contributed by atoms with E-state index in [0.717, 1.165) is 10.1 Å². The number of rotatable bonds is 5. The molecule has 0 aliphatic heterocycles. The zero-order chi connectivity index (χ0) is 15.5. The van der Waals surface area contributed by atoms with Crippen LogP contribution in [0.15, 0.2) is 29.1 Å². The average molecular weight is 309 g/mol. The predicted octanol–water partition coefficient (Wildman–Crippen LogP) is 2.42. The number of carbonyl (C=O) groups excluding carboxylic acids is 1. The van der Waals surface area contributed by atoms with E-state index in [2.05, 4.69) is 0 Å². The fourth-order valence-electron chi connectivity index (χ4n) is 1.84. The van der Waals surface area contributed by atoms with Gasteiger partial charge in [0, 0.05) is 0 Å². The van der Waals surface area contributed by atoms with E-state index in [0.29, 0.717) is 13.2 Å². The van der Waals surface area contributed by atoms with Crippen molar-refractivity contribution in [3.8, 4) is 0 Å². The molecule has 0 N–H and O–H groups in total. The molecule has 1 aromatic carbocycles. The van der Waals surface area contributed by atoms with Crippen molar-refractivity contribution < 1.29 is 14.3 Å². The quantitative estimate of drug-likeness (QED) is 0.629. The number of ether oxygens (including phenoxy) is 2. The lowest BCUT2D eigenvalue weighted by Gasteiger charge is -2.19. The lowest BCUT2D eigenvalue weighted by Crippen LogP contribution is -2.27. The van der Waals surface area contributed by atoms with Crippen LogP contribution in [-0.4, -0.2) is 28.7 Å². The summed E-state index contributed by atoms with van der Waals surface area (Å²) in [7, 11) is 0. The van der Waals surface area contributed by atoms with E-state index in [9.17, 15) is 9.59 Å². The fraction of sp³-hybridized carbons (Fsp3) is 0.467. The Hall–Kier alpha value is -1.66. The summed E-state index contributed by atoms with van der Waals surface area (Å²) in [5.41, 5.74) is -0.528. The minimum Gasteiger partial charge on any atom is -0.458 e. The van der Waals surface area contributed by atoms with Crippen molar-refractivity contribution in [3.63, 3.8) is 0 Å². The Morgan fingerprint density at radius 1 is 1.29 bits per heavy atom. The Morgan fingerprint density at radius 3 is 2.67 bits per heavy atom. The first-order valence-corrected chi connectivity index (χ1v) is 7.52. The van der Waals surface area contributed by atoms with Gasteiger partial charge in [0.25, 0.3) is 5.56 Å². The molecule has 5 nitrogen and oxygen atoms in total. The number of benzene rings is 1. The molecule has 21 heavy (non-hydrogen) atoms. The largest absolute Gasteiger partial charge is 0.458 e. The van der Waals surface area contributed by atoms with Crippen molar-refractivity contribution in [2.75, 3.05) is 13.2 Å². The summed E-state index contributed by atoms with van der Waals surface area (Å²) >= 11 is 1.40. The second kappa shape index (κ2) is 6.41. The standard InChI is InChI=1S/C15H19NO4S/c1-15(2,3)20-13(17)10-19-9-8-16-14(18)11-6-4-5-7-12(11)21-16/h4-7H,8-10H2,1-3H3. The maximum absolute atomic E-state index is 12.1. The predicted molar refractivity (Wildman–Crippen MR) is 82.7 cm³/mol. The number of nitrogens with zero attached hydrogens (tertiary/aromatic N) is 1. The molecular formula is C15H19NO4S. The Balaban J connectivity index is 1.84. The molecule has 2 rings (SSSR count). The first-order valence-electron chi connectivity index (χ1n) is 6.75. The third-order valence-electron chi connectivity index (χ3n) is 2.63. The minimum absolute atomic E-state index is 0.0172. The van der Waals surface area contributed by atoms with E-state index in [1.165, 1.54) is 11.5 Å². The Labute approximate surface area is 127 Å². The van der Waals surface area contributed by atoms with Crippen LogP contribution in [0.4, 0.5) is 0 Å². The van der Waals surface area contributed by atoms with Crippen LogP contribution >= 0.6 is 11.5 Å². The Morgan fingerprint density at radius 2 is 2.00 bits per heavy atom. The molecule has 6 heteroatoms. The van der Waals surface area contributed by atoms with Crippen molar-refractivity contribution in [2.24, 2.45) is 0 Å². The molecule has 0 atom stereocenters. The topological polar surface area (TPSA) is 57.5 Å². The van der Waals surface area contributed by atoms with Crippen LogP contribution in [0.3, 0.4) is 0 Å². The molecule has 0 saturated heterocycles. The van der Waals surface area contributed by atoms with Gasteiger partial charge in [0.2, 0.25) is 0 Å². The molecule has 2 aromatic rings. The highest BCUT2D eigenvalue weighted by molar-refractivity contribution is 7.13. The molecule has 1 aromatic heterocycles. The van der Waals surface area contributed by atoms with Crippen LogP contribution in [0.2, 0.25) is 0 Å². The van der Waals surface area contributed by atoms with Gasteiger partial charge in [0.05, 0.1) is 23.2 Å². The number of esters is 1. The molecule has 0 spiro atoms. The van der Waals surface area contributed by atoms with Crippen LogP contribution in [0.5, 0.6) is 0 Å². The Bertz CT molecular complexity index is 681. The van der Waals surface area contributed by atoms with E-state index >= 15 is 0 Å². The number of aromatic nitrogens is 1. The summed E-state index contributed by atoms with van der Waals surface area (Å²) in [6.45, 7) is 6.05. The highest BCUT2D eigenvalue weighted by Gasteiger charge is 2.16. The van der Waals surface area contributed by atoms with E-state index in [-0.39, 0.29) is 12.2 Å². The van der Waals surface area contributed by atoms with Crippen LogP contribution in [-0.2, 0) is 20.8 Å². The summed E-state index contributed by atoms with van der Waals surface area (Å²) in [6.07, 6.45) is 0. The molecule has 0 saturated carbocycles. The monoisotopic (exact) mass is 309 g/mol. The molecular weight excluding hydrogens is 290 g/mol. The van der Waals surface area contributed by atoms with Gasteiger partial charge in [0.1, 0.15) is 12.2 Å². The smallest absolute Gasteiger partial charge is 0.332 e. The molecule has 114 valence electrons. The molecule has 1 heterocycles. The van der Waals surface area contributed by atoms with Crippen molar-refractivity contribution in [1.29, 1.82) is 0 Å². The minimum atomic E-state index is -0.511. The second-order valence-electron chi connectivity index (χ2n) is 5.63. The van der Waals surface area contributed by atoms with E-state index in [4.69, 9.17) is 9.47 Å². The molecule has 0 radical (unpaired) electrons. The summed E-state index contributed by atoms with van der Waals surface area (Å²) in [5.74, 6) is -0.397. The van der Waals surface area contributed by atoms with Crippen LogP contribution < -0.4 is 5.56 Å². The molecule has 0 aliphatic carbocycles. The highest BCUT2D eigenvalue weighted by atomic mass is 32.1. The third-order valence-corrected chi connectivity index (χ3v) is 3.75. The van der Waals surface area contributed by atoms with Crippen molar-refractivity contribution in [3.05, 3.63) is 34.6 Å². The van der Waals surface area contributed by atoms with Gasteiger partial charge in [0.15, 0.2) is 0 Å². The molecule has 0 unspecified atom stereocenters. The van der Waals surface area contributed by atoms with E-state index in [1.54, 1.807) is 3.96 Å². The number of hydrogen-bond acceptors (Lipinski definition) is 5. The number of hydrogen-bond donors (Lipinski definition) is 0. The van der Waals surface area contributed by atoms with Crippen LogP contribution in [0.25, 0.3) is 10.1 Å². The maximum atomic E-state index is 12.1. The lowest BCUT2D eigenvalue weighted by atomic mass is 10.2. The zero-order valence-electron chi connectivity index (χ0n) is 12.4. The van der Waals surface area contributed by atoms with Gasteiger partial charge >= 0.3 is 5.97 Å². The molecule has 0 fully saturated rings. The number of fused-ring (bicyclic) bond motifs is 1. The van der Waals surface area contributed by atoms with Crippen LogP contribution in [0, 0.1) is 0 Å². The molecule has 0 bridgehead atoms. The van der Waals surface area contributed by atoms with Crippen molar-refractivity contribution in [1.82, 2.24) is 3.96 Å². The van der Waals surface area contributed by atoms with Gasteiger partial charge in [-0.2, -0.15) is 0 Å². The number of carbonyl (C=O) groups is 1. The van der Waals surface area contributed by atoms with Gasteiger partial charge in [-0.1, -0.05) is 23.7 Å². The van der Waals surface area contributed by atoms with Gasteiger partial charge in [-0.25, -0.2) is 4.79 Å². The fourth-order valence-corrected chi connectivity index (χ4v) is 2.82. The third kappa shape index (κ3) is 4.41. The van der Waals surface area contributed by atoms with E-state index in [1.807, 2.05) is 45.0 Å². The zero-order valence-corrected chi connectivity index (χ0v) is 13.2. The normalized spacial score (nSPS) is 11.8. The van der Waals surface area contributed by atoms with Crippen molar-refractivity contribution in [2.45, 2.75) is 32.9 Å². The first kappa shape index (κ1) is 15.7. The summed E-state index contributed by atoms with van der Waals surface area (Å²) in [6, 6.07) is 7.48. The van der Waals surface area contributed by atoms with Crippen LogP contribution in [0.1, 0.15) is 20.8 Å². The summed E-state index contributed by atoms with van der Waals surface area (Å²) < 4.78 is 13.0. The average Bonchev–Trinajstić information content (AvgIpc) is 2.70. The molecule has 0 amide bonds. The Kier molecular flexibility index (Phi) is 4.80. The highest BCUT2D eigenvalue weighted by Crippen LogP contribution is 2.15. The lowest BCUT2D eigenvalue weighted by molar-refractivity contribution is -0.160. The van der Waals surface area contributed by atoms with Crippen molar-refractivity contribution >= 4 is 27.6 Å². The SMILES string of the molecule is CC(C)(C)OC(=O)COCCn1sc2ccccc2c1=O. The second-order valence-corrected chi connectivity index (χ2v) is 6.70. The first-order chi connectivity index (χ1) is 9.87. The van der Waals surface area contributed by atoms with Gasteiger partial charge in [-0.05, 0) is 32.9 Å². The summed E-state index contributed by atoms with van der Waals surface area (Å²) in [5, 5.41) is 0.717. The van der Waals surface area contributed by atoms with Gasteiger partial charge in [-0.15, -0.1) is 0 Å². The molecule has 0 aliphatic rings. The van der Waals surface area contributed by atoms with Gasteiger partial charge < -0.3 is 9.47 Å². The van der Waals surface area contributed by atoms with E-state index < -0.39 is 11.6 Å².